The van der Waals surface area contributed by atoms with Crippen LogP contribution in [0.3, 0.4) is 0 Å². The fourth-order valence-corrected chi connectivity index (χ4v) is 2.12. The van der Waals surface area contributed by atoms with E-state index in [4.69, 9.17) is 4.74 Å². The normalized spacial score (nSPS) is 14.0. The van der Waals surface area contributed by atoms with Gasteiger partial charge in [0.05, 0.1) is 17.9 Å². The molecule has 1 aromatic carbocycles. The molecule has 2 atom stereocenters. The van der Waals surface area contributed by atoms with Gasteiger partial charge in [-0.1, -0.05) is 30.3 Å². The average molecular weight is 267 g/mol. The Balaban J connectivity index is 2.56. The molecular weight excluding hydrogens is 246 g/mol. The summed E-state index contributed by atoms with van der Waals surface area (Å²) < 4.78 is 5.05. The van der Waals surface area contributed by atoms with Gasteiger partial charge >= 0.3 is 0 Å². The lowest BCUT2D eigenvalue weighted by Gasteiger charge is -2.26. The molecule has 0 aliphatic carbocycles. The lowest BCUT2D eigenvalue weighted by Crippen LogP contribution is -2.42. The number of thiol groups is 1. The summed E-state index contributed by atoms with van der Waals surface area (Å²) in [6, 6.07) is 9.98. The van der Waals surface area contributed by atoms with Crippen molar-refractivity contribution >= 4 is 18.5 Å². The smallest absolute Gasteiger partial charge is 0.235 e. The summed E-state index contributed by atoms with van der Waals surface area (Å²) in [6.45, 7) is 2.50. The van der Waals surface area contributed by atoms with Crippen LogP contribution >= 0.6 is 12.6 Å². The minimum Gasteiger partial charge on any atom is -0.383 e. The van der Waals surface area contributed by atoms with Crippen LogP contribution < -0.4 is 0 Å². The van der Waals surface area contributed by atoms with Gasteiger partial charge in [-0.25, -0.2) is 0 Å². The molecule has 18 heavy (non-hydrogen) atoms. The number of carbonyl (C=O) groups is 1. The number of likely N-dealkylation sites (N-methyl/N-ethyl adjacent to an activating group) is 1. The van der Waals surface area contributed by atoms with Gasteiger partial charge in [0.2, 0.25) is 5.91 Å². The molecule has 2 unspecified atom stereocenters. The van der Waals surface area contributed by atoms with Gasteiger partial charge in [0.15, 0.2) is 0 Å². The van der Waals surface area contributed by atoms with E-state index in [2.05, 4.69) is 12.6 Å². The maximum absolute atomic E-state index is 12.2. The van der Waals surface area contributed by atoms with Crippen LogP contribution in [-0.2, 0) is 16.0 Å². The summed E-state index contributed by atoms with van der Waals surface area (Å²) in [4.78, 5) is 13.9. The predicted molar refractivity (Wildman–Crippen MR) is 77.0 cm³/mol. The van der Waals surface area contributed by atoms with Crippen molar-refractivity contribution in [1.29, 1.82) is 0 Å². The molecule has 0 bridgehead atoms. The fourth-order valence-electron chi connectivity index (χ4n) is 1.73. The Labute approximate surface area is 115 Å². The van der Waals surface area contributed by atoms with E-state index in [0.717, 1.165) is 5.56 Å². The zero-order valence-electron chi connectivity index (χ0n) is 11.2. The fraction of sp³-hybridized carbons (Fsp3) is 0.500. The molecule has 1 rings (SSSR count). The molecule has 3 nitrogen and oxygen atoms in total. The number of ether oxygens (including phenoxy) is 1. The van der Waals surface area contributed by atoms with E-state index in [0.29, 0.717) is 13.0 Å². The monoisotopic (exact) mass is 267 g/mol. The first kappa shape index (κ1) is 15.1. The van der Waals surface area contributed by atoms with Gasteiger partial charge < -0.3 is 9.64 Å². The molecule has 1 aromatic rings. The number of nitrogens with zero attached hydrogens (tertiary/aromatic N) is 1. The van der Waals surface area contributed by atoms with Crippen molar-refractivity contribution in [2.24, 2.45) is 0 Å². The van der Waals surface area contributed by atoms with Crippen LogP contribution in [0.4, 0.5) is 0 Å². The number of hydrogen-bond acceptors (Lipinski definition) is 3. The Hall–Kier alpha value is -1.00. The van der Waals surface area contributed by atoms with Crippen molar-refractivity contribution in [3.8, 4) is 0 Å². The quantitative estimate of drug-likeness (QED) is 0.799. The molecule has 0 radical (unpaired) electrons. The van der Waals surface area contributed by atoms with E-state index in [1.165, 1.54) is 0 Å². The molecular formula is C14H21NO2S. The zero-order valence-corrected chi connectivity index (χ0v) is 12.1. The standard InChI is InChI=1S/C14H21NO2S/c1-11(10-17-3)15(2)14(16)13(18)9-12-7-5-4-6-8-12/h4-8,11,13,18H,9-10H2,1-3H3. The first-order valence-electron chi connectivity index (χ1n) is 6.04. The molecule has 0 aliphatic heterocycles. The van der Waals surface area contributed by atoms with E-state index in [9.17, 15) is 4.79 Å². The third kappa shape index (κ3) is 4.35. The Morgan fingerprint density at radius 3 is 2.56 bits per heavy atom. The summed E-state index contributed by atoms with van der Waals surface area (Å²) in [6.07, 6.45) is 0.646. The van der Waals surface area contributed by atoms with Crippen LogP contribution in [0.1, 0.15) is 12.5 Å². The molecule has 0 aliphatic rings. The predicted octanol–water partition coefficient (Wildman–Crippen LogP) is 2.02. The maximum atomic E-state index is 12.2. The molecule has 0 aromatic heterocycles. The van der Waals surface area contributed by atoms with Crippen LogP contribution in [0, 0.1) is 0 Å². The zero-order chi connectivity index (χ0) is 13.5. The van der Waals surface area contributed by atoms with E-state index >= 15 is 0 Å². The largest absolute Gasteiger partial charge is 0.383 e. The van der Waals surface area contributed by atoms with E-state index in [1.807, 2.05) is 37.3 Å². The molecule has 0 fully saturated rings. The van der Waals surface area contributed by atoms with Crippen LogP contribution in [-0.4, -0.2) is 42.9 Å². The van der Waals surface area contributed by atoms with Crippen LogP contribution in [0.2, 0.25) is 0 Å². The van der Waals surface area contributed by atoms with Gasteiger partial charge in [0, 0.05) is 14.2 Å². The van der Waals surface area contributed by atoms with Crippen molar-refractivity contribution in [2.45, 2.75) is 24.6 Å². The Morgan fingerprint density at radius 2 is 2.00 bits per heavy atom. The van der Waals surface area contributed by atoms with Crippen LogP contribution in [0.25, 0.3) is 0 Å². The van der Waals surface area contributed by atoms with Crippen LogP contribution in [0.15, 0.2) is 30.3 Å². The van der Waals surface area contributed by atoms with Gasteiger partial charge in [-0.2, -0.15) is 12.6 Å². The van der Waals surface area contributed by atoms with Crippen molar-refractivity contribution in [1.82, 2.24) is 4.90 Å². The van der Waals surface area contributed by atoms with Gasteiger partial charge in [-0.15, -0.1) is 0 Å². The lowest BCUT2D eigenvalue weighted by molar-refractivity contribution is -0.131. The van der Waals surface area contributed by atoms with Crippen molar-refractivity contribution in [2.75, 3.05) is 20.8 Å². The number of methoxy groups -OCH3 is 1. The second kappa shape index (κ2) is 7.44. The van der Waals surface area contributed by atoms with Crippen LogP contribution in [0.5, 0.6) is 0 Å². The molecule has 4 heteroatoms. The third-order valence-corrected chi connectivity index (χ3v) is 3.38. The summed E-state index contributed by atoms with van der Waals surface area (Å²) in [7, 11) is 3.43. The second-order valence-corrected chi connectivity index (χ2v) is 5.08. The van der Waals surface area contributed by atoms with Gasteiger partial charge in [0.25, 0.3) is 0 Å². The average Bonchev–Trinajstić information content (AvgIpc) is 2.38. The highest BCUT2D eigenvalue weighted by molar-refractivity contribution is 7.81. The first-order valence-corrected chi connectivity index (χ1v) is 6.55. The number of amides is 1. The summed E-state index contributed by atoms with van der Waals surface area (Å²) in [5.74, 6) is 0.0340. The molecule has 100 valence electrons. The van der Waals surface area contributed by atoms with E-state index in [-0.39, 0.29) is 17.2 Å². The van der Waals surface area contributed by atoms with Crippen molar-refractivity contribution < 1.29 is 9.53 Å². The SMILES string of the molecule is COCC(C)N(C)C(=O)C(S)Cc1ccccc1. The summed E-state index contributed by atoms with van der Waals surface area (Å²) >= 11 is 4.41. The summed E-state index contributed by atoms with van der Waals surface area (Å²) in [5.41, 5.74) is 1.12. The van der Waals surface area contributed by atoms with Gasteiger partial charge in [0.1, 0.15) is 0 Å². The molecule has 0 saturated heterocycles. The van der Waals surface area contributed by atoms with Gasteiger partial charge in [-0.05, 0) is 18.9 Å². The van der Waals surface area contributed by atoms with Crippen molar-refractivity contribution in [3.63, 3.8) is 0 Å². The number of hydrogen-bond donors (Lipinski definition) is 1. The Morgan fingerprint density at radius 1 is 1.39 bits per heavy atom. The highest BCUT2D eigenvalue weighted by atomic mass is 32.1. The number of benzene rings is 1. The van der Waals surface area contributed by atoms with E-state index < -0.39 is 0 Å². The lowest BCUT2D eigenvalue weighted by atomic mass is 10.1. The molecule has 1 amide bonds. The number of rotatable bonds is 6. The molecule has 0 heterocycles. The van der Waals surface area contributed by atoms with E-state index in [1.54, 1.807) is 19.1 Å². The minimum absolute atomic E-state index is 0.0340. The maximum Gasteiger partial charge on any atom is 0.235 e. The highest BCUT2D eigenvalue weighted by Gasteiger charge is 2.22. The number of carbonyl (C=O) groups excluding carboxylic acids is 1. The highest BCUT2D eigenvalue weighted by Crippen LogP contribution is 2.11. The third-order valence-electron chi connectivity index (χ3n) is 2.97. The minimum atomic E-state index is -0.309. The first-order chi connectivity index (χ1) is 8.56. The summed E-state index contributed by atoms with van der Waals surface area (Å²) in [5, 5.41) is -0.309. The molecule has 0 N–H and O–H groups in total. The van der Waals surface area contributed by atoms with Crippen molar-refractivity contribution in [3.05, 3.63) is 35.9 Å². The Kier molecular flexibility index (Phi) is 6.22. The molecule has 0 saturated carbocycles. The Bertz CT molecular complexity index is 369. The molecule has 0 spiro atoms. The second-order valence-electron chi connectivity index (χ2n) is 4.46. The topological polar surface area (TPSA) is 29.5 Å². The van der Waals surface area contributed by atoms with Gasteiger partial charge in [-0.3, -0.25) is 4.79 Å².